The van der Waals surface area contributed by atoms with Crippen LogP contribution in [-0.2, 0) is 17.6 Å². The number of rotatable bonds is 4. The van der Waals surface area contributed by atoms with Crippen LogP contribution in [-0.4, -0.2) is 47.2 Å². The van der Waals surface area contributed by atoms with Crippen molar-refractivity contribution in [2.75, 3.05) is 19.6 Å². The number of nitrogens with zero attached hydrogens (tertiary/aromatic N) is 1. The summed E-state index contributed by atoms with van der Waals surface area (Å²) in [5.74, 6) is -0.105. The number of nitrogens with one attached hydrogen (secondary N) is 1. The predicted octanol–water partition coefficient (Wildman–Crippen LogP) is 2.14. The van der Waals surface area contributed by atoms with E-state index in [2.05, 4.69) is 50.4 Å². The second-order valence-corrected chi connectivity index (χ2v) is 8.68. The van der Waals surface area contributed by atoms with Gasteiger partial charge in [0.05, 0.1) is 0 Å². The summed E-state index contributed by atoms with van der Waals surface area (Å²) in [5, 5.41) is 14.4. The van der Waals surface area contributed by atoms with Crippen LogP contribution in [0.1, 0.15) is 44.7 Å². The molecule has 1 fully saturated rings. The molecule has 1 heterocycles. The van der Waals surface area contributed by atoms with Crippen LogP contribution in [0.2, 0.25) is 0 Å². The Labute approximate surface area is 145 Å². The van der Waals surface area contributed by atoms with Crippen molar-refractivity contribution in [2.45, 2.75) is 58.1 Å². The molecule has 1 aromatic rings. The quantitative estimate of drug-likeness (QED) is 0.889. The molecule has 1 saturated heterocycles. The fourth-order valence-corrected chi connectivity index (χ4v) is 3.97. The molecular weight excluding hydrogens is 300 g/mol. The van der Waals surface area contributed by atoms with Crippen LogP contribution < -0.4 is 5.32 Å². The molecule has 1 aliphatic heterocycles. The number of fused-ring (bicyclic) bond motifs is 1. The average molecular weight is 330 g/mol. The van der Waals surface area contributed by atoms with Crippen LogP contribution in [0.25, 0.3) is 0 Å². The molecule has 0 radical (unpaired) electrons. The number of likely N-dealkylation sites (tertiary alicyclic amines) is 1. The van der Waals surface area contributed by atoms with Crippen LogP contribution in [0.3, 0.4) is 0 Å². The lowest BCUT2D eigenvalue weighted by molar-refractivity contribution is -0.158. The lowest BCUT2D eigenvalue weighted by Crippen LogP contribution is -2.60. The largest absolute Gasteiger partial charge is 0.379 e. The van der Waals surface area contributed by atoms with E-state index in [4.69, 9.17) is 0 Å². The zero-order chi connectivity index (χ0) is 17.4. The van der Waals surface area contributed by atoms with Gasteiger partial charge in [-0.1, -0.05) is 45.0 Å². The molecule has 4 heteroatoms. The first-order valence-corrected chi connectivity index (χ1v) is 9.09. The van der Waals surface area contributed by atoms with Crippen LogP contribution in [0.15, 0.2) is 24.3 Å². The Morgan fingerprint density at radius 1 is 1.25 bits per heavy atom. The summed E-state index contributed by atoms with van der Waals surface area (Å²) in [7, 11) is 0. The van der Waals surface area contributed by atoms with E-state index >= 15 is 0 Å². The van der Waals surface area contributed by atoms with E-state index in [1.165, 1.54) is 11.1 Å². The third kappa shape index (κ3) is 3.81. The number of aliphatic hydroxyl groups is 1. The maximum atomic E-state index is 12.8. The second-order valence-electron chi connectivity index (χ2n) is 8.68. The summed E-state index contributed by atoms with van der Waals surface area (Å²) >= 11 is 0. The fraction of sp³-hybridized carbons (Fsp3) is 0.650. The molecule has 3 rings (SSSR count). The minimum absolute atomic E-state index is 0.0500. The Morgan fingerprint density at radius 3 is 2.46 bits per heavy atom. The van der Waals surface area contributed by atoms with Gasteiger partial charge >= 0.3 is 0 Å². The molecule has 132 valence electrons. The Morgan fingerprint density at radius 2 is 1.88 bits per heavy atom. The standard InChI is InChI=1S/C20H30N2O2/c1-19(2,3)14-22-10-6-9-20(24,18(22)23)13-21-17-11-15-7-4-5-8-16(15)12-17/h4-5,7-8,17,21,24H,6,9-14H2,1-3H3/t20-/m0/s1. The molecule has 4 nitrogen and oxygen atoms in total. The minimum Gasteiger partial charge on any atom is -0.379 e. The van der Waals surface area contributed by atoms with Gasteiger partial charge < -0.3 is 15.3 Å². The van der Waals surface area contributed by atoms with Gasteiger partial charge in [-0.3, -0.25) is 4.79 Å². The molecule has 0 saturated carbocycles. The number of piperidine rings is 1. The Hall–Kier alpha value is -1.39. The zero-order valence-electron chi connectivity index (χ0n) is 15.1. The second kappa shape index (κ2) is 6.49. The van der Waals surface area contributed by atoms with Crippen molar-refractivity contribution in [3.63, 3.8) is 0 Å². The van der Waals surface area contributed by atoms with Crippen molar-refractivity contribution >= 4 is 5.91 Å². The van der Waals surface area contributed by atoms with Gasteiger partial charge in [0, 0.05) is 25.7 Å². The van der Waals surface area contributed by atoms with Crippen LogP contribution >= 0.6 is 0 Å². The fourth-order valence-electron chi connectivity index (χ4n) is 3.97. The monoisotopic (exact) mass is 330 g/mol. The highest BCUT2D eigenvalue weighted by Crippen LogP contribution is 2.27. The Bertz CT molecular complexity index is 583. The first kappa shape index (κ1) is 17.4. The van der Waals surface area contributed by atoms with Gasteiger partial charge in [-0.2, -0.15) is 0 Å². The SMILES string of the molecule is CC(C)(C)CN1CCC[C@](O)(CNC2Cc3ccccc3C2)C1=O. The van der Waals surface area contributed by atoms with Gasteiger partial charge in [0.25, 0.3) is 5.91 Å². The number of hydrogen-bond donors (Lipinski definition) is 2. The molecule has 0 bridgehead atoms. The number of benzene rings is 1. The number of carbonyl (C=O) groups excluding carboxylic acids is 1. The Kier molecular flexibility index (Phi) is 4.71. The van der Waals surface area contributed by atoms with E-state index in [-0.39, 0.29) is 11.3 Å². The van der Waals surface area contributed by atoms with Gasteiger partial charge in [0.15, 0.2) is 5.60 Å². The molecule has 0 aromatic heterocycles. The third-order valence-corrected chi connectivity index (χ3v) is 5.10. The molecular formula is C20H30N2O2. The predicted molar refractivity (Wildman–Crippen MR) is 95.9 cm³/mol. The van der Waals surface area contributed by atoms with Crippen LogP contribution in [0, 0.1) is 5.41 Å². The zero-order valence-corrected chi connectivity index (χ0v) is 15.1. The van der Waals surface area contributed by atoms with Crippen molar-refractivity contribution < 1.29 is 9.90 Å². The molecule has 0 unspecified atom stereocenters. The summed E-state index contributed by atoms with van der Waals surface area (Å²) in [5.41, 5.74) is 1.56. The maximum absolute atomic E-state index is 12.8. The summed E-state index contributed by atoms with van der Waals surface area (Å²) in [6.07, 6.45) is 3.38. The number of amides is 1. The molecule has 0 spiro atoms. The van der Waals surface area contributed by atoms with Crippen LogP contribution in [0.5, 0.6) is 0 Å². The summed E-state index contributed by atoms with van der Waals surface area (Å²) in [6, 6.07) is 8.80. The highest BCUT2D eigenvalue weighted by atomic mass is 16.3. The number of hydrogen-bond acceptors (Lipinski definition) is 3. The van der Waals surface area contributed by atoms with Crippen molar-refractivity contribution in [2.24, 2.45) is 5.41 Å². The van der Waals surface area contributed by atoms with Crippen molar-refractivity contribution in [3.05, 3.63) is 35.4 Å². The van der Waals surface area contributed by atoms with Gasteiger partial charge in [0.2, 0.25) is 0 Å². The summed E-state index contributed by atoms with van der Waals surface area (Å²) in [4.78, 5) is 14.6. The average Bonchev–Trinajstić information content (AvgIpc) is 2.92. The molecule has 1 amide bonds. The van der Waals surface area contributed by atoms with Gasteiger partial charge in [-0.15, -0.1) is 0 Å². The van der Waals surface area contributed by atoms with Crippen molar-refractivity contribution in [1.82, 2.24) is 10.2 Å². The lowest BCUT2D eigenvalue weighted by atomic mass is 9.88. The smallest absolute Gasteiger partial charge is 0.255 e. The van der Waals surface area contributed by atoms with E-state index in [1.807, 2.05) is 4.90 Å². The molecule has 1 atom stereocenters. The Balaban J connectivity index is 1.59. The summed E-state index contributed by atoms with van der Waals surface area (Å²) in [6.45, 7) is 8.19. The molecule has 1 aromatic carbocycles. The summed E-state index contributed by atoms with van der Waals surface area (Å²) < 4.78 is 0. The molecule has 1 aliphatic carbocycles. The highest BCUT2D eigenvalue weighted by molar-refractivity contribution is 5.86. The van der Waals surface area contributed by atoms with E-state index in [0.29, 0.717) is 25.6 Å². The third-order valence-electron chi connectivity index (χ3n) is 5.10. The lowest BCUT2D eigenvalue weighted by Gasteiger charge is -2.41. The molecule has 2 aliphatic rings. The highest BCUT2D eigenvalue weighted by Gasteiger charge is 2.43. The number of carbonyl (C=O) groups is 1. The maximum Gasteiger partial charge on any atom is 0.255 e. The minimum atomic E-state index is -1.25. The first-order chi connectivity index (χ1) is 11.3. The van der Waals surface area contributed by atoms with E-state index < -0.39 is 5.60 Å². The van der Waals surface area contributed by atoms with Crippen LogP contribution in [0.4, 0.5) is 0 Å². The van der Waals surface area contributed by atoms with Gasteiger partial charge in [-0.25, -0.2) is 0 Å². The van der Waals surface area contributed by atoms with Crippen molar-refractivity contribution in [3.8, 4) is 0 Å². The van der Waals surface area contributed by atoms with E-state index in [1.54, 1.807) is 0 Å². The normalized spacial score (nSPS) is 25.2. The van der Waals surface area contributed by atoms with E-state index in [0.717, 1.165) is 25.8 Å². The molecule has 2 N–H and O–H groups in total. The van der Waals surface area contributed by atoms with Crippen molar-refractivity contribution in [1.29, 1.82) is 0 Å². The van der Waals surface area contributed by atoms with Gasteiger partial charge in [0.1, 0.15) is 0 Å². The topological polar surface area (TPSA) is 52.6 Å². The first-order valence-electron chi connectivity index (χ1n) is 9.09. The molecule has 24 heavy (non-hydrogen) atoms. The van der Waals surface area contributed by atoms with E-state index in [9.17, 15) is 9.90 Å². The van der Waals surface area contributed by atoms with Gasteiger partial charge in [-0.05, 0) is 42.2 Å².